The molecule has 0 radical (unpaired) electrons. The Morgan fingerprint density at radius 2 is 2.18 bits per heavy atom. The van der Waals surface area contributed by atoms with Crippen LogP contribution in [0.2, 0.25) is 0 Å². The molecule has 0 saturated heterocycles. The van der Waals surface area contributed by atoms with E-state index >= 15 is 0 Å². The first-order chi connectivity index (χ1) is 8.00. The van der Waals surface area contributed by atoms with Crippen LogP contribution in [0.25, 0.3) is 10.6 Å². The summed E-state index contributed by atoms with van der Waals surface area (Å²) in [5.41, 5.74) is 1.91. The fourth-order valence-corrected chi connectivity index (χ4v) is 2.57. The van der Waals surface area contributed by atoms with Crippen molar-refractivity contribution in [2.75, 3.05) is 0 Å². The third-order valence-corrected chi connectivity index (χ3v) is 3.62. The lowest BCUT2D eigenvalue weighted by atomic mass is 10.1. The Hall–Kier alpha value is -1.62. The molecule has 0 aliphatic heterocycles. The van der Waals surface area contributed by atoms with Gasteiger partial charge in [-0.25, -0.2) is 4.79 Å². The molecule has 17 heavy (non-hydrogen) atoms. The Labute approximate surface area is 103 Å². The van der Waals surface area contributed by atoms with Crippen molar-refractivity contribution >= 4 is 17.3 Å². The highest BCUT2D eigenvalue weighted by Crippen LogP contribution is 2.33. The van der Waals surface area contributed by atoms with Crippen LogP contribution in [0.15, 0.2) is 16.7 Å². The number of carboxylic acids is 1. The summed E-state index contributed by atoms with van der Waals surface area (Å²) in [7, 11) is 0. The lowest BCUT2D eigenvalue weighted by Gasteiger charge is -1.98. The van der Waals surface area contributed by atoms with Gasteiger partial charge in [-0.2, -0.15) is 0 Å². The Morgan fingerprint density at radius 1 is 1.47 bits per heavy atom. The maximum absolute atomic E-state index is 10.8. The zero-order valence-electron chi connectivity index (χ0n) is 9.85. The standard InChI is InChI=1S/C12H13NO3S/c1-6(2)10-7(3)11(16-13-10)8-4-5-9(17-8)12(14)15/h4-6H,1-3H3,(H,14,15). The average molecular weight is 251 g/mol. The van der Waals surface area contributed by atoms with Crippen LogP contribution in [-0.4, -0.2) is 16.2 Å². The maximum Gasteiger partial charge on any atom is 0.345 e. The molecule has 4 nitrogen and oxygen atoms in total. The highest BCUT2D eigenvalue weighted by atomic mass is 32.1. The SMILES string of the molecule is Cc1c(C(C)C)noc1-c1ccc(C(=O)O)s1. The number of thiophene rings is 1. The van der Waals surface area contributed by atoms with Gasteiger partial charge in [-0.15, -0.1) is 11.3 Å². The van der Waals surface area contributed by atoms with E-state index in [4.69, 9.17) is 9.63 Å². The second-order valence-electron chi connectivity index (χ2n) is 4.15. The van der Waals surface area contributed by atoms with Gasteiger partial charge in [0.05, 0.1) is 10.6 Å². The monoisotopic (exact) mass is 251 g/mol. The molecule has 0 aliphatic rings. The number of hydrogen-bond donors (Lipinski definition) is 1. The third kappa shape index (κ3) is 2.10. The van der Waals surface area contributed by atoms with Crippen LogP contribution in [0.4, 0.5) is 0 Å². The molecule has 0 spiro atoms. The van der Waals surface area contributed by atoms with Gasteiger partial charge in [-0.1, -0.05) is 19.0 Å². The second-order valence-corrected chi connectivity index (χ2v) is 5.23. The Morgan fingerprint density at radius 3 is 2.65 bits per heavy atom. The van der Waals surface area contributed by atoms with Crippen molar-refractivity contribution in [3.63, 3.8) is 0 Å². The van der Waals surface area contributed by atoms with Gasteiger partial charge in [0.15, 0.2) is 5.76 Å². The minimum absolute atomic E-state index is 0.298. The molecule has 0 unspecified atom stereocenters. The first-order valence-corrected chi connectivity index (χ1v) is 6.12. The van der Waals surface area contributed by atoms with E-state index in [1.54, 1.807) is 12.1 Å². The molecule has 2 aromatic rings. The summed E-state index contributed by atoms with van der Waals surface area (Å²) in [4.78, 5) is 11.9. The van der Waals surface area contributed by atoms with E-state index in [0.717, 1.165) is 16.1 Å². The molecule has 5 heteroatoms. The van der Waals surface area contributed by atoms with Crippen LogP contribution in [0.3, 0.4) is 0 Å². The van der Waals surface area contributed by atoms with E-state index < -0.39 is 5.97 Å². The van der Waals surface area contributed by atoms with E-state index in [9.17, 15) is 4.79 Å². The topological polar surface area (TPSA) is 63.3 Å². The number of carbonyl (C=O) groups is 1. The number of hydrogen-bond acceptors (Lipinski definition) is 4. The van der Waals surface area contributed by atoms with Crippen LogP contribution < -0.4 is 0 Å². The van der Waals surface area contributed by atoms with Crippen molar-refractivity contribution < 1.29 is 14.4 Å². The molecule has 0 aliphatic carbocycles. The van der Waals surface area contributed by atoms with Crippen molar-refractivity contribution in [2.24, 2.45) is 0 Å². The lowest BCUT2D eigenvalue weighted by Crippen LogP contribution is -1.90. The summed E-state index contributed by atoms with van der Waals surface area (Å²) in [5.74, 6) is 0.0557. The number of aromatic carboxylic acids is 1. The van der Waals surface area contributed by atoms with Gasteiger partial charge >= 0.3 is 5.97 Å². The van der Waals surface area contributed by atoms with Crippen molar-refractivity contribution in [2.45, 2.75) is 26.7 Å². The molecule has 0 saturated carbocycles. The quantitative estimate of drug-likeness (QED) is 0.906. The Bertz CT molecular complexity index is 554. The number of carboxylic acid groups (broad SMARTS) is 1. The molecule has 2 rings (SSSR count). The van der Waals surface area contributed by atoms with Crippen LogP contribution in [0, 0.1) is 6.92 Å². The van der Waals surface area contributed by atoms with Gasteiger partial charge in [0, 0.05) is 5.56 Å². The average Bonchev–Trinajstić information content (AvgIpc) is 2.82. The minimum Gasteiger partial charge on any atom is -0.477 e. The summed E-state index contributed by atoms with van der Waals surface area (Å²) in [5, 5.41) is 12.9. The minimum atomic E-state index is -0.914. The summed E-state index contributed by atoms with van der Waals surface area (Å²) in [6.45, 7) is 6.04. The molecule has 2 aromatic heterocycles. The number of aromatic nitrogens is 1. The van der Waals surface area contributed by atoms with E-state index in [2.05, 4.69) is 5.16 Å². The van der Waals surface area contributed by atoms with Gasteiger partial charge in [-0.3, -0.25) is 0 Å². The predicted molar refractivity (Wildman–Crippen MR) is 65.6 cm³/mol. The summed E-state index contributed by atoms with van der Waals surface area (Å²) in [6.07, 6.45) is 0. The van der Waals surface area contributed by atoms with Crippen molar-refractivity contribution in [3.05, 3.63) is 28.3 Å². The van der Waals surface area contributed by atoms with Crippen molar-refractivity contribution in [1.29, 1.82) is 0 Å². The van der Waals surface area contributed by atoms with Crippen LogP contribution >= 0.6 is 11.3 Å². The van der Waals surface area contributed by atoms with Crippen LogP contribution in [0.1, 0.15) is 40.7 Å². The van der Waals surface area contributed by atoms with E-state index in [1.807, 2.05) is 20.8 Å². The van der Waals surface area contributed by atoms with Crippen molar-refractivity contribution in [1.82, 2.24) is 5.16 Å². The zero-order chi connectivity index (χ0) is 12.6. The summed E-state index contributed by atoms with van der Waals surface area (Å²) >= 11 is 1.20. The van der Waals surface area contributed by atoms with Gasteiger partial charge in [0.2, 0.25) is 0 Å². The second kappa shape index (κ2) is 4.33. The van der Waals surface area contributed by atoms with Crippen LogP contribution in [0.5, 0.6) is 0 Å². The van der Waals surface area contributed by atoms with E-state index in [1.165, 1.54) is 11.3 Å². The Kier molecular flexibility index (Phi) is 3.02. The number of nitrogens with zero attached hydrogens (tertiary/aromatic N) is 1. The molecule has 2 heterocycles. The van der Waals surface area contributed by atoms with Gasteiger partial charge in [0.1, 0.15) is 4.88 Å². The fraction of sp³-hybridized carbons (Fsp3) is 0.333. The molecule has 90 valence electrons. The predicted octanol–water partition coefficient (Wildman–Crippen LogP) is 3.53. The van der Waals surface area contributed by atoms with Gasteiger partial charge in [0.25, 0.3) is 0 Å². The summed E-state index contributed by atoms with van der Waals surface area (Å²) in [6, 6.07) is 3.34. The molecule has 0 amide bonds. The van der Waals surface area contributed by atoms with E-state index in [0.29, 0.717) is 16.6 Å². The first kappa shape index (κ1) is 11.9. The molecule has 0 aromatic carbocycles. The molecule has 0 atom stereocenters. The third-order valence-electron chi connectivity index (χ3n) is 2.55. The van der Waals surface area contributed by atoms with Crippen molar-refractivity contribution in [3.8, 4) is 10.6 Å². The Balaban J connectivity index is 2.43. The molecular formula is C12H13NO3S. The van der Waals surface area contributed by atoms with Gasteiger partial charge in [-0.05, 0) is 25.0 Å². The normalized spacial score (nSPS) is 11.1. The van der Waals surface area contributed by atoms with Gasteiger partial charge < -0.3 is 9.63 Å². The van der Waals surface area contributed by atoms with E-state index in [-0.39, 0.29) is 0 Å². The smallest absolute Gasteiger partial charge is 0.345 e. The highest BCUT2D eigenvalue weighted by Gasteiger charge is 2.18. The molecule has 0 fully saturated rings. The molecule has 1 N–H and O–H groups in total. The summed E-state index contributed by atoms with van der Waals surface area (Å²) < 4.78 is 5.30. The molecule has 0 bridgehead atoms. The van der Waals surface area contributed by atoms with Crippen LogP contribution in [-0.2, 0) is 0 Å². The zero-order valence-corrected chi connectivity index (χ0v) is 10.7. The fourth-order valence-electron chi connectivity index (χ4n) is 1.69. The first-order valence-electron chi connectivity index (χ1n) is 5.30. The lowest BCUT2D eigenvalue weighted by molar-refractivity contribution is 0.0702. The maximum atomic E-state index is 10.8. The number of rotatable bonds is 3. The largest absolute Gasteiger partial charge is 0.477 e. The highest BCUT2D eigenvalue weighted by molar-refractivity contribution is 7.17. The molecular weight excluding hydrogens is 238 g/mol.